The number of rotatable bonds is 4. The third-order valence-corrected chi connectivity index (χ3v) is 6.09. The fourth-order valence-corrected chi connectivity index (χ4v) is 4.43. The molecular formula is C19H38N2. The standard InChI is InChI=1S/C19H38N2/c1-15(2)18-9-11-21(19(5,6)12-18)14-17-8-7-10-20(13-17)16(3)4/h15-18H,7-14H2,1-6H3/t17-,18-/m1/s1. The lowest BCUT2D eigenvalue weighted by molar-refractivity contribution is 0.00708. The van der Waals surface area contributed by atoms with Crippen molar-refractivity contribution in [3.8, 4) is 0 Å². The Balaban J connectivity index is 1.90. The quantitative estimate of drug-likeness (QED) is 0.764. The van der Waals surface area contributed by atoms with E-state index in [-0.39, 0.29) is 0 Å². The summed E-state index contributed by atoms with van der Waals surface area (Å²) in [6.45, 7) is 19.7. The smallest absolute Gasteiger partial charge is 0.0156 e. The van der Waals surface area contributed by atoms with Gasteiger partial charge in [0.2, 0.25) is 0 Å². The van der Waals surface area contributed by atoms with Crippen LogP contribution in [0, 0.1) is 17.8 Å². The van der Waals surface area contributed by atoms with Crippen molar-refractivity contribution in [1.82, 2.24) is 9.80 Å². The van der Waals surface area contributed by atoms with Gasteiger partial charge in [-0.15, -0.1) is 0 Å². The molecule has 2 nitrogen and oxygen atoms in total. The molecule has 2 atom stereocenters. The molecule has 0 radical (unpaired) electrons. The summed E-state index contributed by atoms with van der Waals surface area (Å²) in [5.74, 6) is 2.66. The fraction of sp³-hybridized carbons (Fsp3) is 1.00. The normalized spacial score (nSPS) is 32.0. The van der Waals surface area contributed by atoms with Crippen molar-refractivity contribution in [2.75, 3.05) is 26.2 Å². The highest BCUT2D eigenvalue weighted by atomic mass is 15.2. The predicted octanol–water partition coefficient (Wildman–Crippen LogP) is 4.25. The molecule has 2 saturated heterocycles. The minimum Gasteiger partial charge on any atom is -0.301 e. The molecule has 0 aromatic heterocycles. The summed E-state index contributed by atoms with van der Waals surface area (Å²) in [7, 11) is 0. The van der Waals surface area contributed by atoms with Gasteiger partial charge in [0.1, 0.15) is 0 Å². The number of hydrogen-bond donors (Lipinski definition) is 0. The van der Waals surface area contributed by atoms with E-state index in [0.717, 1.165) is 17.8 Å². The first-order valence-corrected chi connectivity index (χ1v) is 9.28. The van der Waals surface area contributed by atoms with E-state index in [1.165, 1.54) is 51.9 Å². The van der Waals surface area contributed by atoms with Crippen LogP contribution in [0.15, 0.2) is 0 Å². The van der Waals surface area contributed by atoms with E-state index in [1.54, 1.807) is 0 Å². The summed E-state index contributed by atoms with van der Waals surface area (Å²) < 4.78 is 0. The van der Waals surface area contributed by atoms with Crippen LogP contribution in [-0.4, -0.2) is 47.6 Å². The second kappa shape index (κ2) is 7.00. The molecule has 0 amide bonds. The Hall–Kier alpha value is -0.0800. The third kappa shape index (κ3) is 4.45. The molecule has 0 N–H and O–H groups in total. The Bertz CT molecular complexity index is 322. The van der Waals surface area contributed by atoms with Crippen LogP contribution < -0.4 is 0 Å². The van der Waals surface area contributed by atoms with Crippen LogP contribution in [0.1, 0.15) is 67.2 Å². The first kappa shape index (κ1) is 17.3. The molecule has 0 aromatic rings. The van der Waals surface area contributed by atoms with Crippen molar-refractivity contribution in [1.29, 1.82) is 0 Å². The number of piperidine rings is 2. The zero-order chi connectivity index (χ0) is 15.6. The van der Waals surface area contributed by atoms with Crippen LogP contribution in [-0.2, 0) is 0 Å². The Kier molecular flexibility index (Phi) is 5.76. The molecule has 0 aliphatic carbocycles. The minimum atomic E-state index is 0.396. The summed E-state index contributed by atoms with van der Waals surface area (Å²) in [4.78, 5) is 5.49. The molecule has 2 rings (SSSR count). The van der Waals surface area contributed by atoms with E-state index in [4.69, 9.17) is 0 Å². The Morgan fingerprint density at radius 1 is 1.05 bits per heavy atom. The van der Waals surface area contributed by atoms with Gasteiger partial charge in [-0.05, 0) is 84.2 Å². The lowest BCUT2D eigenvalue weighted by Crippen LogP contribution is -2.54. The van der Waals surface area contributed by atoms with Crippen molar-refractivity contribution < 1.29 is 0 Å². The van der Waals surface area contributed by atoms with Gasteiger partial charge in [-0.25, -0.2) is 0 Å². The molecular weight excluding hydrogens is 256 g/mol. The van der Waals surface area contributed by atoms with Crippen LogP contribution >= 0.6 is 0 Å². The molecule has 0 saturated carbocycles. The molecule has 0 aromatic carbocycles. The fourth-order valence-electron chi connectivity index (χ4n) is 4.43. The Morgan fingerprint density at radius 3 is 2.33 bits per heavy atom. The summed E-state index contributed by atoms with van der Waals surface area (Å²) in [5.41, 5.74) is 0.396. The maximum Gasteiger partial charge on any atom is 0.0156 e. The SMILES string of the molecule is CC(C)[C@@H]1CCN(C[C@@H]2CCCN(C(C)C)C2)C(C)(C)C1. The van der Waals surface area contributed by atoms with Gasteiger partial charge in [0.15, 0.2) is 0 Å². The van der Waals surface area contributed by atoms with Gasteiger partial charge >= 0.3 is 0 Å². The van der Waals surface area contributed by atoms with Crippen LogP contribution in [0.3, 0.4) is 0 Å². The number of likely N-dealkylation sites (tertiary alicyclic amines) is 2. The molecule has 2 aliphatic heterocycles. The molecule has 2 fully saturated rings. The highest BCUT2D eigenvalue weighted by molar-refractivity contribution is 4.92. The van der Waals surface area contributed by atoms with Crippen molar-refractivity contribution in [3.05, 3.63) is 0 Å². The monoisotopic (exact) mass is 294 g/mol. The molecule has 0 unspecified atom stereocenters. The van der Waals surface area contributed by atoms with E-state index in [1.807, 2.05) is 0 Å². The summed E-state index contributed by atoms with van der Waals surface area (Å²) in [6.07, 6.45) is 5.61. The molecule has 2 heterocycles. The Morgan fingerprint density at radius 2 is 1.76 bits per heavy atom. The van der Waals surface area contributed by atoms with E-state index < -0.39 is 0 Å². The van der Waals surface area contributed by atoms with E-state index in [0.29, 0.717) is 11.6 Å². The van der Waals surface area contributed by atoms with Gasteiger partial charge in [-0.3, -0.25) is 4.90 Å². The molecule has 2 heteroatoms. The van der Waals surface area contributed by atoms with Gasteiger partial charge in [0.25, 0.3) is 0 Å². The number of nitrogens with zero attached hydrogens (tertiary/aromatic N) is 2. The van der Waals surface area contributed by atoms with Crippen LogP contribution in [0.2, 0.25) is 0 Å². The maximum absolute atomic E-state index is 2.81. The van der Waals surface area contributed by atoms with Gasteiger partial charge in [0.05, 0.1) is 0 Å². The molecule has 124 valence electrons. The van der Waals surface area contributed by atoms with Crippen LogP contribution in [0.4, 0.5) is 0 Å². The van der Waals surface area contributed by atoms with E-state index >= 15 is 0 Å². The van der Waals surface area contributed by atoms with Gasteiger partial charge < -0.3 is 4.90 Å². The first-order valence-electron chi connectivity index (χ1n) is 9.28. The van der Waals surface area contributed by atoms with E-state index in [2.05, 4.69) is 51.3 Å². The van der Waals surface area contributed by atoms with Crippen molar-refractivity contribution in [3.63, 3.8) is 0 Å². The largest absolute Gasteiger partial charge is 0.301 e. The highest BCUT2D eigenvalue weighted by Crippen LogP contribution is 2.36. The van der Waals surface area contributed by atoms with Crippen LogP contribution in [0.5, 0.6) is 0 Å². The van der Waals surface area contributed by atoms with Gasteiger partial charge in [-0.2, -0.15) is 0 Å². The second-order valence-electron chi connectivity index (χ2n) is 8.85. The zero-order valence-electron chi connectivity index (χ0n) is 15.4. The molecule has 0 bridgehead atoms. The lowest BCUT2D eigenvalue weighted by Gasteiger charge is -2.49. The zero-order valence-corrected chi connectivity index (χ0v) is 15.4. The minimum absolute atomic E-state index is 0.396. The second-order valence-corrected chi connectivity index (χ2v) is 8.85. The van der Waals surface area contributed by atoms with Gasteiger partial charge in [-0.1, -0.05) is 13.8 Å². The predicted molar refractivity (Wildman–Crippen MR) is 92.6 cm³/mol. The van der Waals surface area contributed by atoms with Crippen molar-refractivity contribution in [2.24, 2.45) is 17.8 Å². The topological polar surface area (TPSA) is 6.48 Å². The van der Waals surface area contributed by atoms with Crippen LogP contribution in [0.25, 0.3) is 0 Å². The molecule has 2 aliphatic rings. The van der Waals surface area contributed by atoms with Crippen molar-refractivity contribution >= 4 is 0 Å². The lowest BCUT2D eigenvalue weighted by atomic mass is 9.76. The molecule has 0 spiro atoms. The average Bonchev–Trinajstić information content (AvgIpc) is 2.41. The summed E-state index contributed by atoms with van der Waals surface area (Å²) >= 11 is 0. The number of hydrogen-bond acceptors (Lipinski definition) is 2. The van der Waals surface area contributed by atoms with Gasteiger partial charge in [0, 0.05) is 24.7 Å². The molecule has 21 heavy (non-hydrogen) atoms. The Labute approximate surface area is 133 Å². The first-order chi connectivity index (χ1) is 9.79. The average molecular weight is 295 g/mol. The van der Waals surface area contributed by atoms with E-state index in [9.17, 15) is 0 Å². The highest BCUT2D eigenvalue weighted by Gasteiger charge is 2.37. The maximum atomic E-state index is 2.81. The summed E-state index contributed by atoms with van der Waals surface area (Å²) in [6, 6.07) is 0.715. The summed E-state index contributed by atoms with van der Waals surface area (Å²) in [5, 5.41) is 0. The third-order valence-electron chi connectivity index (χ3n) is 6.09. The van der Waals surface area contributed by atoms with Crippen molar-refractivity contribution in [2.45, 2.75) is 78.8 Å².